The molecule has 0 fully saturated rings. The van der Waals surface area contributed by atoms with Gasteiger partial charge in [0.1, 0.15) is 0 Å². The van der Waals surface area contributed by atoms with Crippen molar-refractivity contribution in [3.8, 4) is 0 Å². The Morgan fingerprint density at radius 1 is 1.33 bits per heavy atom. The van der Waals surface area contributed by atoms with Crippen LogP contribution in [0.1, 0.15) is 25.5 Å². The number of carbonyl (C=O) groups excluding carboxylic acids is 1. The molecule has 3 heteroatoms. The number of carbonyl (C=O) groups is 1. The van der Waals surface area contributed by atoms with Gasteiger partial charge in [-0.15, -0.1) is 0 Å². The third-order valence-electron chi connectivity index (χ3n) is 2.28. The molecule has 1 aromatic carbocycles. The lowest BCUT2D eigenvalue weighted by Crippen LogP contribution is -2.35. The van der Waals surface area contributed by atoms with Gasteiger partial charge in [0.2, 0.25) is 5.91 Å². The molecule has 0 saturated carbocycles. The van der Waals surface area contributed by atoms with Crippen LogP contribution in [-0.2, 0) is 4.79 Å². The molecular weight excluding hydrogens is 188 g/mol. The average molecular weight is 206 g/mol. The fraction of sp³-hybridized carbons (Fsp3) is 0.417. The monoisotopic (exact) mass is 206 g/mol. The van der Waals surface area contributed by atoms with Crippen LogP contribution >= 0.6 is 0 Å². The molecule has 0 aliphatic heterocycles. The van der Waals surface area contributed by atoms with Crippen molar-refractivity contribution >= 4 is 5.91 Å². The van der Waals surface area contributed by atoms with Crippen molar-refractivity contribution < 1.29 is 4.79 Å². The predicted molar refractivity (Wildman–Crippen MR) is 61.2 cm³/mol. The average Bonchev–Trinajstić information content (AvgIpc) is 2.26. The van der Waals surface area contributed by atoms with Crippen LogP contribution in [0.5, 0.6) is 0 Å². The first-order valence-corrected chi connectivity index (χ1v) is 5.20. The van der Waals surface area contributed by atoms with E-state index in [9.17, 15) is 4.79 Å². The second-order valence-electron chi connectivity index (χ2n) is 3.86. The first-order chi connectivity index (χ1) is 7.15. The second-order valence-corrected chi connectivity index (χ2v) is 3.86. The van der Waals surface area contributed by atoms with Gasteiger partial charge >= 0.3 is 0 Å². The van der Waals surface area contributed by atoms with E-state index in [1.165, 1.54) is 0 Å². The first kappa shape index (κ1) is 11.7. The number of benzene rings is 1. The van der Waals surface area contributed by atoms with Crippen molar-refractivity contribution in [2.24, 2.45) is 11.7 Å². The van der Waals surface area contributed by atoms with Gasteiger partial charge in [-0.05, 0) is 5.56 Å². The minimum atomic E-state index is -0.0823. The minimum absolute atomic E-state index is 0.0113. The van der Waals surface area contributed by atoms with Crippen LogP contribution in [0.15, 0.2) is 30.3 Å². The SMILES string of the molecule is CC(C)C(=O)NC(CN)c1ccccc1. The Kier molecular flexibility index (Phi) is 4.31. The number of hydrogen-bond acceptors (Lipinski definition) is 2. The van der Waals surface area contributed by atoms with Crippen molar-refractivity contribution in [3.63, 3.8) is 0 Å². The molecule has 0 aliphatic rings. The molecule has 1 atom stereocenters. The lowest BCUT2D eigenvalue weighted by atomic mass is 10.1. The summed E-state index contributed by atoms with van der Waals surface area (Å²) in [6, 6.07) is 9.69. The molecule has 3 nitrogen and oxygen atoms in total. The topological polar surface area (TPSA) is 55.1 Å². The van der Waals surface area contributed by atoms with E-state index in [0.717, 1.165) is 5.56 Å². The highest BCUT2D eigenvalue weighted by molar-refractivity contribution is 5.78. The molecule has 3 N–H and O–H groups in total. The summed E-state index contributed by atoms with van der Waals surface area (Å²) in [6.07, 6.45) is 0. The maximum Gasteiger partial charge on any atom is 0.223 e. The van der Waals surface area contributed by atoms with Crippen LogP contribution in [-0.4, -0.2) is 12.5 Å². The van der Waals surface area contributed by atoms with Crippen LogP contribution in [0.3, 0.4) is 0 Å². The van der Waals surface area contributed by atoms with Gasteiger partial charge in [0.05, 0.1) is 6.04 Å². The van der Waals surface area contributed by atoms with Crippen LogP contribution < -0.4 is 11.1 Å². The molecule has 82 valence electrons. The van der Waals surface area contributed by atoms with Gasteiger partial charge < -0.3 is 11.1 Å². The molecule has 0 spiro atoms. The number of rotatable bonds is 4. The second kappa shape index (κ2) is 5.51. The van der Waals surface area contributed by atoms with Crippen molar-refractivity contribution in [1.29, 1.82) is 0 Å². The minimum Gasteiger partial charge on any atom is -0.348 e. The maximum atomic E-state index is 11.5. The Morgan fingerprint density at radius 2 is 1.93 bits per heavy atom. The molecule has 0 heterocycles. The molecule has 0 radical (unpaired) electrons. The van der Waals surface area contributed by atoms with Gasteiger partial charge in [0.15, 0.2) is 0 Å². The Bertz CT molecular complexity index is 309. The van der Waals surface area contributed by atoms with Gasteiger partial charge in [-0.3, -0.25) is 4.79 Å². The summed E-state index contributed by atoms with van der Waals surface area (Å²) < 4.78 is 0. The van der Waals surface area contributed by atoms with E-state index in [-0.39, 0.29) is 17.9 Å². The van der Waals surface area contributed by atoms with Gasteiger partial charge in [0, 0.05) is 12.5 Å². The predicted octanol–water partition coefficient (Wildman–Crippen LogP) is 1.46. The molecule has 1 unspecified atom stereocenters. The quantitative estimate of drug-likeness (QED) is 0.783. The van der Waals surface area contributed by atoms with Gasteiger partial charge in [-0.2, -0.15) is 0 Å². The largest absolute Gasteiger partial charge is 0.348 e. The zero-order chi connectivity index (χ0) is 11.3. The van der Waals surface area contributed by atoms with E-state index in [0.29, 0.717) is 6.54 Å². The number of nitrogens with one attached hydrogen (secondary N) is 1. The fourth-order valence-electron chi connectivity index (χ4n) is 1.30. The van der Waals surface area contributed by atoms with E-state index in [1.807, 2.05) is 44.2 Å². The zero-order valence-corrected chi connectivity index (χ0v) is 9.23. The fourth-order valence-corrected chi connectivity index (χ4v) is 1.30. The third kappa shape index (κ3) is 3.36. The van der Waals surface area contributed by atoms with Crippen molar-refractivity contribution in [2.45, 2.75) is 19.9 Å². The molecule has 0 saturated heterocycles. The van der Waals surface area contributed by atoms with E-state index in [2.05, 4.69) is 5.32 Å². The molecule has 0 aliphatic carbocycles. The van der Waals surface area contributed by atoms with Crippen molar-refractivity contribution in [3.05, 3.63) is 35.9 Å². The highest BCUT2D eigenvalue weighted by Crippen LogP contribution is 2.11. The first-order valence-electron chi connectivity index (χ1n) is 5.20. The molecule has 0 aromatic heterocycles. The van der Waals surface area contributed by atoms with Crippen molar-refractivity contribution in [1.82, 2.24) is 5.32 Å². The summed E-state index contributed by atoms with van der Waals surface area (Å²) in [5, 5.41) is 2.92. The molecule has 0 bridgehead atoms. The molecule has 1 rings (SSSR count). The summed E-state index contributed by atoms with van der Waals surface area (Å²) in [5.74, 6) is 0.0251. The van der Waals surface area contributed by atoms with Crippen LogP contribution in [0.25, 0.3) is 0 Å². The summed E-state index contributed by atoms with van der Waals surface area (Å²) in [5.41, 5.74) is 6.69. The van der Waals surface area contributed by atoms with E-state index < -0.39 is 0 Å². The highest BCUT2D eigenvalue weighted by atomic mass is 16.1. The van der Waals surface area contributed by atoms with Gasteiger partial charge in [-0.1, -0.05) is 44.2 Å². The Hall–Kier alpha value is -1.35. The third-order valence-corrected chi connectivity index (χ3v) is 2.28. The molecule has 1 aromatic rings. The summed E-state index contributed by atoms with van der Waals surface area (Å²) in [4.78, 5) is 11.5. The Morgan fingerprint density at radius 3 is 2.40 bits per heavy atom. The summed E-state index contributed by atoms with van der Waals surface area (Å²) in [6.45, 7) is 4.16. The normalized spacial score (nSPS) is 12.5. The van der Waals surface area contributed by atoms with E-state index in [4.69, 9.17) is 5.73 Å². The zero-order valence-electron chi connectivity index (χ0n) is 9.23. The van der Waals surface area contributed by atoms with Crippen LogP contribution in [0, 0.1) is 5.92 Å². The smallest absolute Gasteiger partial charge is 0.223 e. The van der Waals surface area contributed by atoms with Crippen LogP contribution in [0.4, 0.5) is 0 Å². The molecule has 1 amide bonds. The Labute approximate surface area is 90.7 Å². The maximum absolute atomic E-state index is 11.5. The van der Waals surface area contributed by atoms with E-state index in [1.54, 1.807) is 0 Å². The summed E-state index contributed by atoms with van der Waals surface area (Å²) >= 11 is 0. The van der Waals surface area contributed by atoms with Gasteiger partial charge in [0.25, 0.3) is 0 Å². The van der Waals surface area contributed by atoms with Crippen molar-refractivity contribution in [2.75, 3.05) is 6.54 Å². The van der Waals surface area contributed by atoms with Crippen LogP contribution in [0.2, 0.25) is 0 Å². The summed E-state index contributed by atoms with van der Waals surface area (Å²) in [7, 11) is 0. The lowest BCUT2D eigenvalue weighted by Gasteiger charge is -2.18. The molecular formula is C12H18N2O. The number of amides is 1. The number of nitrogens with two attached hydrogens (primary N) is 1. The molecule has 15 heavy (non-hydrogen) atoms. The van der Waals surface area contributed by atoms with E-state index >= 15 is 0 Å². The lowest BCUT2D eigenvalue weighted by molar-refractivity contribution is -0.124. The Balaban J connectivity index is 2.69. The van der Waals surface area contributed by atoms with Gasteiger partial charge in [-0.25, -0.2) is 0 Å². The number of hydrogen-bond donors (Lipinski definition) is 2. The highest BCUT2D eigenvalue weighted by Gasteiger charge is 2.14. The standard InChI is InChI=1S/C12H18N2O/c1-9(2)12(15)14-11(8-13)10-6-4-3-5-7-10/h3-7,9,11H,8,13H2,1-2H3,(H,14,15).